The number of hydrogen-bond acceptors (Lipinski definition) is 4. The van der Waals surface area contributed by atoms with Gasteiger partial charge in [0.2, 0.25) is 0 Å². The van der Waals surface area contributed by atoms with Crippen molar-refractivity contribution in [2.45, 2.75) is 38.0 Å². The van der Waals surface area contributed by atoms with Gasteiger partial charge in [0, 0.05) is 19.0 Å². The lowest BCUT2D eigenvalue weighted by Gasteiger charge is -2.26. The fourth-order valence-electron chi connectivity index (χ4n) is 2.10. The van der Waals surface area contributed by atoms with E-state index in [9.17, 15) is 9.90 Å². The van der Waals surface area contributed by atoms with E-state index >= 15 is 0 Å². The fourth-order valence-corrected chi connectivity index (χ4v) is 2.10. The van der Waals surface area contributed by atoms with Gasteiger partial charge < -0.3 is 20.5 Å². The normalized spacial score (nSPS) is 38.9. The number of carbonyl (C=O) groups is 1. The second-order valence-electron chi connectivity index (χ2n) is 5.52. The van der Waals surface area contributed by atoms with Gasteiger partial charge in [-0.2, -0.15) is 0 Å². The Morgan fingerprint density at radius 1 is 1.60 bits per heavy atom. The van der Waals surface area contributed by atoms with Crippen LogP contribution in [0.5, 0.6) is 0 Å². The highest BCUT2D eigenvalue weighted by Crippen LogP contribution is 2.47. The van der Waals surface area contributed by atoms with E-state index in [0.29, 0.717) is 13.1 Å². The molecule has 2 rings (SSSR count). The highest BCUT2D eigenvalue weighted by Gasteiger charge is 2.67. The van der Waals surface area contributed by atoms with Gasteiger partial charge in [-0.1, -0.05) is 0 Å². The van der Waals surface area contributed by atoms with Gasteiger partial charge in [-0.25, -0.2) is 4.79 Å². The van der Waals surface area contributed by atoms with Crippen LogP contribution in [0.15, 0.2) is 0 Å². The van der Waals surface area contributed by atoms with Gasteiger partial charge in [0.1, 0.15) is 5.60 Å². The van der Waals surface area contributed by atoms with Crippen molar-refractivity contribution >= 4 is 6.09 Å². The van der Waals surface area contributed by atoms with E-state index in [1.807, 2.05) is 20.8 Å². The molecule has 1 aliphatic heterocycles. The van der Waals surface area contributed by atoms with Crippen LogP contribution in [0.3, 0.4) is 0 Å². The Hall–Kier alpha value is -0.810. The maximum absolute atomic E-state index is 11.6. The van der Waals surface area contributed by atoms with Crippen molar-refractivity contribution < 1.29 is 14.6 Å². The van der Waals surface area contributed by atoms with Crippen LogP contribution in [0.4, 0.5) is 4.79 Å². The quantitative estimate of drug-likeness (QED) is 0.591. The van der Waals surface area contributed by atoms with Crippen LogP contribution in [-0.4, -0.2) is 46.4 Å². The molecule has 2 aliphatic rings. The Balaban J connectivity index is 1.91. The smallest absolute Gasteiger partial charge is 0.410 e. The first-order valence-corrected chi connectivity index (χ1v) is 5.19. The summed E-state index contributed by atoms with van der Waals surface area (Å²) in [5.74, 6) is 0.0324. The molecule has 1 saturated heterocycles. The molecule has 1 aliphatic carbocycles. The summed E-state index contributed by atoms with van der Waals surface area (Å²) in [5, 5.41) is 9.43. The lowest BCUT2D eigenvalue weighted by Crippen LogP contribution is -2.42. The second-order valence-corrected chi connectivity index (χ2v) is 5.52. The lowest BCUT2D eigenvalue weighted by molar-refractivity contribution is 0.0243. The minimum Gasteiger partial charge on any atom is -0.444 e. The van der Waals surface area contributed by atoms with Crippen molar-refractivity contribution in [1.82, 2.24) is 4.90 Å². The molecule has 2 unspecified atom stereocenters. The number of piperidine rings is 1. The van der Waals surface area contributed by atoms with E-state index in [0.717, 1.165) is 0 Å². The number of carbonyl (C=O) groups excluding carboxylic acids is 1. The van der Waals surface area contributed by atoms with E-state index in [1.54, 1.807) is 4.90 Å². The summed E-state index contributed by atoms with van der Waals surface area (Å²) in [6.07, 6.45) is -0.789. The zero-order valence-electron chi connectivity index (χ0n) is 9.36. The summed E-state index contributed by atoms with van der Waals surface area (Å²) >= 11 is 0. The third kappa shape index (κ3) is 1.70. The van der Waals surface area contributed by atoms with Crippen molar-refractivity contribution in [2.24, 2.45) is 11.7 Å². The molecule has 0 bridgehead atoms. The van der Waals surface area contributed by atoms with E-state index in [4.69, 9.17) is 10.5 Å². The van der Waals surface area contributed by atoms with E-state index < -0.39 is 17.2 Å². The van der Waals surface area contributed by atoms with Gasteiger partial charge >= 0.3 is 6.09 Å². The summed E-state index contributed by atoms with van der Waals surface area (Å²) in [4.78, 5) is 13.2. The molecule has 5 heteroatoms. The van der Waals surface area contributed by atoms with Crippen LogP contribution in [0.25, 0.3) is 0 Å². The molecule has 1 saturated carbocycles. The van der Waals surface area contributed by atoms with E-state index in [-0.39, 0.29) is 12.0 Å². The SMILES string of the molecule is CC(C)(C)OC(=O)N1CC2C(O)[C@@]2(N)C1. The summed E-state index contributed by atoms with van der Waals surface area (Å²) in [6, 6.07) is 0. The number of aliphatic hydroxyl groups excluding tert-OH is 1. The van der Waals surface area contributed by atoms with Crippen LogP contribution >= 0.6 is 0 Å². The Bertz CT molecular complexity index is 300. The topological polar surface area (TPSA) is 75.8 Å². The number of nitrogens with zero attached hydrogens (tertiary/aromatic N) is 1. The summed E-state index contributed by atoms with van der Waals surface area (Å²) in [6.45, 7) is 6.39. The molecule has 0 spiro atoms. The highest BCUT2D eigenvalue weighted by atomic mass is 16.6. The molecule has 86 valence electrons. The molecule has 5 nitrogen and oxygen atoms in total. The number of amides is 1. The molecule has 0 aromatic heterocycles. The summed E-state index contributed by atoms with van der Waals surface area (Å²) in [7, 11) is 0. The molecular weight excluding hydrogens is 196 g/mol. The largest absolute Gasteiger partial charge is 0.444 e. The van der Waals surface area contributed by atoms with Crippen LogP contribution in [0.1, 0.15) is 20.8 Å². The van der Waals surface area contributed by atoms with E-state index in [1.165, 1.54) is 0 Å². The third-order valence-electron chi connectivity index (χ3n) is 3.05. The van der Waals surface area contributed by atoms with Gasteiger partial charge in [0.25, 0.3) is 0 Å². The van der Waals surface area contributed by atoms with Gasteiger partial charge in [0.05, 0.1) is 11.6 Å². The average molecular weight is 214 g/mol. The number of ether oxygens (including phenoxy) is 1. The number of rotatable bonds is 0. The second kappa shape index (κ2) is 2.86. The Morgan fingerprint density at radius 2 is 2.20 bits per heavy atom. The number of nitrogens with two attached hydrogens (primary N) is 1. The van der Waals surface area contributed by atoms with Crippen LogP contribution in [0, 0.1) is 5.92 Å². The molecule has 3 atom stereocenters. The van der Waals surface area contributed by atoms with Crippen LogP contribution in [0.2, 0.25) is 0 Å². The zero-order chi connectivity index (χ0) is 11.4. The van der Waals surface area contributed by atoms with Gasteiger partial charge in [-0.05, 0) is 20.8 Å². The fraction of sp³-hybridized carbons (Fsp3) is 0.900. The van der Waals surface area contributed by atoms with Gasteiger partial charge in [-0.3, -0.25) is 0 Å². The van der Waals surface area contributed by atoms with Gasteiger partial charge in [-0.15, -0.1) is 0 Å². The number of likely N-dealkylation sites (tertiary alicyclic amines) is 1. The molecular formula is C10H18N2O3. The summed E-state index contributed by atoms with van der Waals surface area (Å²) < 4.78 is 5.22. The van der Waals surface area contributed by atoms with Crippen LogP contribution in [-0.2, 0) is 4.74 Å². The molecule has 1 heterocycles. The van der Waals surface area contributed by atoms with Crippen molar-refractivity contribution in [1.29, 1.82) is 0 Å². The predicted molar refractivity (Wildman–Crippen MR) is 54.2 cm³/mol. The average Bonchev–Trinajstić information content (AvgIpc) is 2.43. The molecule has 0 aromatic rings. The number of aliphatic hydroxyl groups is 1. The monoisotopic (exact) mass is 214 g/mol. The van der Waals surface area contributed by atoms with Crippen molar-refractivity contribution in [2.75, 3.05) is 13.1 Å². The lowest BCUT2D eigenvalue weighted by atomic mass is 10.2. The molecule has 3 N–H and O–H groups in total. The molecule has 1 amide bonds. The highest BCUT2D eigenvalue weighted by molar-refractivity contribution is 5.69. The predicted octanol–water partition coefficient (Wildman–Crippen LogP) is -0.0747. The maximum atomic E-state index is 11.6. The first-order valence-electron chi connectivity index (χ1n) is 5.19. The Morgan fingerprint density at radius 3 is 2.60 bits per heavy atom. The zero-order valence-corrected chi connectivity index (χ0v) is 9.36. The van der Waals surface area contributed by atoms with Crippen molar-refractivity contribution in [3.63, 3.8) is 0 Å². The first-order chi connectivity index (χ1) is 6.74. The first kappa shape index (κ1) is 10.7. The van der Waals surface area contributed by atoms with Gasteiger partial charge in [0.15, 0.2) is 0 Å². The summed E-state index contributed by atoms with van der Waals surface area (Å²) in [5.41, 5.74) is 4.83. The molecule has 0 radical (unpaired) electrons. The maximum Gasteiger partial charge on any atom is 0.410 e. The molecule has 15 heavy (non-hydrogen) atoms. The third-order valence-corrected chi connectivity index (χ3v) is 3.05. The number of hydrogen-bond donors (Lipinski definition) is 2. The molecule has 0 aromatic carbocycles. The van der Waals surface area contributed by atoms with Crippen molar-refractivity contribution in [3.05, 3.63) is 0 Å². The minimum absolute atomic E-state index is 0.0324. The molecule has 2 fully saturated rings. The van der Waals surface area contributed by atoms with Crippen LogP contribution < -0.4 is 5.73 Å². The standard InChI is InChI=1S/C10H18N2O3/c1-9(2,3)15-8(14)12-4-6-7(13)10(6,11)5-12/h6-7,13H,4-5,11H2,1-3H3/t6?,7?,10-/m1/s1. The Kier molecular flexibility index (Phi) is 2.04. The Labute approximate surface area is 89.2 Å². The van der Waals surface area contributed by atoms with E-state index in [2.05, 4.69) is 0 Å². The van der Waals surface area contributed by atoms with Crippen molar-refractivity contribution in [3.8, 4) is 0 Å². The minimum atomic E-state index is -0.573. The number of fused-ring (bicyclic) bond motifs is 1.